The van der Waals surface area contributed by atoms with Crippen LogP contribution in [0.1, 0.15) is 12.2 Å². The van der Waals surface area contributed by atoms with E-state index in [4.69, 9.17) is 5.11 Å². The van der Waals surface area contributed by atoms with Crippen molar-refractivity contribution < 1.29 is 22.9 Å². The number of benzene rings is 1. The molecule has 0 aliphatic rings. The summed E-state index contributed by atoms with van der Waals surface area (Å²) in [6.45, 7) is 0. The molecule has 2 rings (SSSR count). The highest BCUT2D eigenvalue weighted by Crippen LogP contribution is 2.18. The molecule has 0 atom stereocenters. The standard InChI is InChI=1S/C13H17N3O4S/c1-15(2)21(19,20)9-4-5-11-10(8-9)14-12(16(11)3)6-7-13(17)18/h4-5,8H,6-7H2,1-3H3,(H,17,18)/p+1. The van der Waals surface area contributed by atoms with Crippen molar-refractivity contribution in [3.05, 3.63) is 24.0 Å². The number of aromatic amines is 1. The summed E-state index contributed by atoms with van der Waals surface area (Å²) in [5.74, 6) is -0.128. The van der Waals surface area contributed by atoms with E-state index in [-0.39, 0.29) is 11.3 Å². The van der Waals surface area contributed by atoms with Crippen LogP contribution >= 0.6 is 0 Å². The quantitative estimate of drug-likeness (QED) is 0.774. The van der Waals surface area contributed by atoms with Crippen LogP contribution in [0.2, 0.25) is 0 Å². The molecule has 2 aromatic rings. The number of sulfonamides is 1. The molecule has 0 radical (unpaired) electrons. The maximum atomic E-state index is 12.1. The van der Waals surface area contributed by atoms with Crippen LogP contribution < -0.4 is 4.57 Å². The molecule has 1 aromatic carbocycles. The molecule has 7 nitrogen and oxygen atoms in total. The number of rotatable bonds is 5. The number of fused-ring (bicyclic) bond motifs is 1. The van der Waals surface area contributed by atoms with Crippen LogP contribution in [0, 0.1) is 0 Å². The molecular formula is C13H18N3O4S+. The van der Waals surface area contributed by atoms with Gasteiger partial charge in [-0.25, -0.2) is 22.3 Å². The summed E-state index contributed by atoms with van der Waals surface area (Å²) in [4.78, 5) is 13.9. The third-order valence-corrected chi connectivity index (χ3v) is 5.18. The number of H-pyrrole nitrogens is 1. The molecule has 0 saturated heterocycles. The number of nitrogens with one attached hydrogen (secondary N) is 1. The molecule has 8 heteroatoms. The highest BCUT2D eigenvalue weighted by molar-refractivity contribution is 7.89. The number of hydrogen-bond donors (Lipinski definition) is 2. The summed E-state index contributed by atoms with van der Waals surface area (Å²) in [7, 11) is 1.29. The van der Waals surface area contributed by atoms with Crippen molar-refractivity contribution in [2.75, 3.05) is 14.1 Å². The van der Waals surface area contributed by atoms with Crippen molar-refractivity contribution in [2.45, 2.75) is 17.7 Å². The highest BCUT2D eigenvalue weighted by atomic mass is 32.2. The third-order valence-electron chi connectivity index (χ3n) is 3.37. The number of carbonyl (C=O) groups is 1. The number of aromatic nitrogens is 2. The Morgan fingerprint density at radius 3 is 2.62 bits per heavy atom. The molecule has 0 spiro atoms. The normalized spacial score (nSPS) is 12.2. The third kappa shape index (κ3) is 2.91. The average Bonchev–Trinajstić information content (AvgIpc) is 2.72. The molecule has 0 bridgehead atoms. The van der Waals surface area contributed by atoms with E-state index in [1.54, 1.807) is 18.2 Å². The number of carboxylic acid groups (broad SMARTS) is 1. The molecule has 1 heterocycles. The van der Waals surface area contributed by atoms with Crippen molar-refractivity contribution >= 4 is 27.0 Å². The van der Waals surface area contributed by atoms with E-state index in [9.17, 15) is 13.2 Å². The van der Waals surface area contributed by atoms with Gasteiger partial charge >= 0.3 is 5.97 Å². The first-order valence-electron chi connectivity index (χ1n) is 6.38. The van der Waals surface area contributed by atoms with Gasteiger partial charge in [-0.15, -0.1) is 0 Å². The topological polar surface area (TPSA) is 94.4 Å². The van der Waals surface area contributed by atoms with Gasteiger partial charge in [0.2, 0.25) is 10.0 Å². The summed E-state index contributed by atoms with van der Waals surface area (Å²) in [5, 5.41) is 8.74. The smallest absolute Gasteiger partial charge is 0.303 e. The van der Waals surface area contributed by atoms with Gasteiger partial charge < -0.3 is 5.11 Å². The van der Waals surface area contributed by atoms with Crippen LogP contribution in [0.15, 0.2) is 23.1 Å². The number of carboxylic acids is 1. The zero-order chi connectivity index (χ0) is 15.8. The molecule has 0 amide bonds. The van der Waals surface area contributed by atoms with E-state index in [1.165, 1.54) is 14.1 Å². The predicted molar refractivity (Wildman–Crippen MR) is 76.3 cm³/mol. The Morgan fingerprint density at radius 2 is 2.05 bits per heavy atom. The first kappa shape index (κ1) is 15.5. The zero-order valence-corrected chi connectivity index (χ0v) is 12.9. The van der Waals surface area contributed by atoms with Crippen molar-refractivity contribution in [3.63, 3.8) is 0 Å². The lowest BCUT2D eigenvalue weighted by molar-refractivity contribution is -0.652. The van der Waals surface area contributed by atoms with Gasteiger partial charge in [-0.2, -0.15) is 0 Å². The Kier molecular flexibility index (Phi) is 4.02. The maximum Gasteiger partial charge on any atom is 0.303 e. The van der Waals surface area contributed by atoms with E-state index in [0.29, 0.717) is 11.9 Å². The monoisotopic (exact) mass is 312 g/mol. The summed E-state index contributed by atoms with van der Waals surface area (Å²) in [5.41, 5.74) is 1.49. The average molecular weight is 312 g/mol. The van der Waals surface area contributed by atoms with Gasteiger partial charge in [0.05, 0.1) is 24.8 Å². The summed E-state index contributed by atoms with van der Waals surface area (Å²) >= 11 is 0. The molecule has 0 saturated carbocycles. The Labute approximate surface area is 122 Å². The predicted octanol–water partition coefficient (Wildman–Crippen LogP) is 0.260. The lowest BCUT2D eigenvalue weighted by Gasteiger charge is -2.10. The van der Waals surface area contributed by atoms with Crippen LogP contribution in [0.25, 0.3) is 11.0 Å². The van der Waals surface area contributed by atoms with Crippen LogP contribution in [-0.4, -0.2) is 42.9 Å². The SMILES string of the molecule is CN(C)S(=O)(=O)c1ccc2c(c1)[nH]c(CCC(=O)O)[n+]2C. The Balaban J connectivity index is 2.48. The van der Waals surface area contributed by atoms with Gasteiger partial charge in [-0.3, -0.25) is 4.79 Å². The molecular weight excluding hydrogens is 294 g/mol. The van der Waals surface area contributed by atoms with Crippen LogP contribution in [0.4, 0.5) is 0 Å². The number of hydrogen-bond acceptors (Lipinski definition) is 3. The van der Waals surface area contributed by atoms with E-state index in [1.807, 2.05) is 11.6 Å². The van der Waals surface area contributed by atoms with Gasteiger partial charge in [0.25, 0.3) is 5.82 Å². The van der Waals surface area contributed by atoms with Crippen LogP contribution in [0.5, 0.6) is 0 Å². The lowest BCUT2D eigenvalue weighted by Crippen LogP contribution is -2.32. The van der Waals surface area contributed by atoms with Gasteiger partial charge in [-0.1, -0.05) is 0 Å². The highest BCUT2D eigenvalue weighted by Gasteiger charge is 2.22. The lowest BCUT2D eigenvalue weighted by atomic mass is 10.3. The summed E-state index contributed by atoms with van der Waals surface area (Å²) in [6.07, 6.45) is 0.375. The molecule has 0 unspecified atom stereocenters. The van der Waals surface area contributed by atoms with Gasteiger partial charge in [0, 0.05) is 20.2 Å². The van der Waals surface area contributed by atoms with Crippen molar-refractivity contribution in [1.29, 1.82) is 0 Å². The molecule has 0 aliphatic heterocycles. The minimum atomic E-state index is -3.49. The Bertz CT molecular complexity index is 793. The fraction of sp³-hybridized carbons (Fsp3) is 0.385. The van der Waals surface area contributed by atoms with E-state index in [2.05, 4.69) is 4.98 Å². The summed E-state index contributed by atoms with van der Waals surface area (Å²) in [6, 6.07) is 4.83. The zero-order valence-electron chi connectivity index (χ0n) is 12.1. The van der Waals surface area contributed by atoms with Gasteiger partial charge in [0.1, 0.15) is 0 Å². The van der Waals surface area contributed by atoms with Gasteiger partial charge in [-0.05, 0) is 12.1 Å². The molecule has 21 heavy (non-hydrogen) atoms. The molecule has 0 fully saturated rings. The number of imidazole rings is 1. The first-order chi connectivity index (χ1) is 9.73. The Hall–Kier alpha value is -1.93. The second-order valence-corrected chi connectivity index (χ2v) is 7.14. The number of nitrogens with zero attached hydrogens (tertiary/aromatic N) is 2. The minimum Gasteiger partial charge on any atom is -0.481 e. The summed E-state index contributed by atoms with van der Waals surface area (Å²) < 4.78 is 27.2. The van der Waals surface area contributed by atoms with Crippen molar-refractivity contribution in [1.82, 2.24) is 9.29 Å². The van der Waals surface area contributed by atoms with Crippen LogP contribution in [-0.2, 0) is 28.3 Å². The molecule has 2 N–H and O–H groups in total. The first-order valence-corrected chi connectivity index (χ1v) is 7.82. The van der Waals surface area contributed by atoms with Crippen LogP contribution in [0.3, 0.4) is 0 Å². The van der Waals surface area contributed by atoms with Gasteiger partial charge in [0.15, 0.2) is 11.0 Å². The molecule has 0 aliphatic carbocycles. The fourth-order valence-electron chi connectivity index (χ4n) is 2.12. The van der Waals surface area contributed by atoms with E-state index in [0.717, 1.165) is 15.6 Å². The second kappa shape index (κ2) is 5.45. The maximum absolute atomic E-state index is 12.1. The van der Waals surface area contributed by atoms with Crippen molar-refractivity contribution in [3.8, 4) is 0 Å². The second-order valence-electron chi connectivity index (χ2n) is 4.99. The minimum absolute atomic E-state index is 0.0174. The van der Waals surface area contributed by atoms with E-state index < -0.39 is 16.0 Å². The number of aliphatic carboxylic acids is 1. The molecule has 1 aromatic heterocycles. The largest absolute Gasteiger partial charge is 0.481 e. The molecule has 114 valence electrons. The Morgan fingerprint density at radius 1 is 1.38 bits per heavy atom. The van der Waals surface area contributed by atoms with E-state index >= 15 is 0 Å². The van der Waals surface area contributed by atoms with Crippen molar-refractivity contribution in [2.24, 2.45) is 7.05 Å². The fourth-order valence-corrected chi connectivity index (χ4v) is 3.05. The number of aryl methyl sites for hydroxylation is 2.